The van der Waals surface area contributed by atoms with Gasteiger partial charge < -0.3 is 4.74 Å². The Morgan fingerprint density at radius 2 is 1.52 bits per heavy atom. The molecule has 4 aliphatic rings. The van der Waals surface area contributed by atoms with Gasteiger partial charge in [0.05, 0.1) is 14.2 Å². The lowest BCUT2D eigenvalue weighted by molar-refractivity contribution is -0.00613. The van der Waals surface area contributed by atoms with E-state index >= 15 is 0 Å². The maximum absolute atomic E-state index is 13.0. The monoisotopic (exact) mass is 441 g/mol. The van der Waals surface area contributed by atoms with E-state index in [2.05, 4.69) is 35.8 Å². The van der Waals surface area contributed by atoms with Crippen molar-refractivity contribution in [1.82, 2.24) is 5.48 Å². The van der Waals surface area contributed by atoms with Crippen molar-refractivity contribution >= 4 is 16.7 Å². The molecule has 4 heteroatoms. The minimum Gasteiger partial charge on any atom is -0.496 e. The number of hydroxylamine groups is 1. The number of benzene rings is 3. The van der Waals surface area contributed by atoms with Crippen LogP contribution in [-0.4, -0.2) is 20.1 Å². The normalized spacial score (nSPS) is 27.6. The Balaban J connectivity index is 1.51. The third-order valence-electron chi connectivity index (χ3n) is 8.45. The Hall–Kier alpha value is -2.85. The number of amides is 1. The summed E-state index contributed by atoms with van der Waals surface area (Å²) >= 11 is 0. The van der Waals surface area contributed by atoms with E-state index < -0.39 is 0 Å². The van der Waals surface area contributed by atoms with Gasteiger partial charge in [0.15, 0.2) is 0 Å². The van der Waals surface area contributed by atoms with Crippen molar-refractivity contribution < 1.29 is 14.4 Å². The van der Waals surface area contributed by atoms with Crippen LogP contribution < -0.4 is 10.2 Å². The van der Waals surface area contributed by atoms with E-state index in [0.29, 0.717) is 5.56 Å². The quantitative estimate of drug-likeness (QED) is 0.475. The minimum absolute atomic E-state index is 0.210. The zero-order valence-corrected chi connectivity index (χ0v) is 19.4. The van der Waals surface area contributed by atoms with Gasteiger partial charge in [-0.2, -0.15) is 0 Å². The van der Waals surface area contributed by atoms with E-state index in [1.54, 1.807) is 7.11 Å². The van der Waals surface area contributed by atoms with E-state index in [1.807, 2.05) is 24.3 Å². The van der Waals surface area contributed by atoms with Gasteiger partial charge in [-0.25, -0.2) is 5.48 Å². The molecule has 7 rings (SSSR count). The summed E-state index contributed by atoms with van der Waals surface area (Å²) in [5.41, 5.74) is 6.68. The predicted octanol–water partition coefficient (Wildman–Crippen LogP) is 6.27. The number of carbonyl (C=O) groups is 1. The highest BCUT2D eigenvalue weighted by molar-refractivity contribution is 6.05. The second-order valence-electron chi connectivity index (χ2n) is 10.5. The fourth-order valence-corrected chi connectivity index (χ4v) is 7.55. The number of hydrogen-bond donors (Lipinski definition) is 1. The molecule has 1 N–H and O–H groups in total. The maximum atomic E-state index is 13.0. The summed E-state index contributed by atoms with van der Waals surface area (Å²) in [6, 6.07) is 18.8. The number of rotatable bonds is 5. The van der Waals surface area contributed by atoms with Gasteiger partial charge in [0.2, 0.25) is 0 Å². The Morgan fingerprint density at radius 1 is 0.879 bits per heavy atom. The second-order valence-corrected chi connectivity index (χ2v) is 10.5. The van der Waals surface area contributed by atoms with Gasteiger partial charge in [0.1, 0.15) is 5.75 Å². The minimum atomic E-state index is -0.231. The van der Waals surface area contributed by atoms with Crippen molar-refractivity contribution in [2.24, 2.45) is 17.8 Å². The summed E-state index contributed by atoms with van der Waals surface area (Å²) in [7, 11) is 3.25. The molecular weight excluding hydrogens is 410 g/mol. The lowest BCUT2D eigenvalue weighted by Gasteiger charge is -2.57. The Labute approximate surface area is 195 Å². The van der Waals surface area contributed by atoms with Crippen LogP contribution in [0.1, 0.15) is 54.4 Å². The lowest BCUT2D eigenvalue weighted by atomic mass is 9.48. The molecule has 0 radical (unpaired) electrons. The molecule has 1 amide bonds. The number of ether oxygens (including phenoxy) is 1. The topological polar surface area (TPSA) is 47.6 Å². The largest absolute Gasteiger partial charge is 0.496 e. The fourth-order valence-electron chi connectivity index (χ4n) is 7.55. The molecule has 4 nitrogen and oxygen atoms in total. The molecule has 4 saturated carbocycles. The van der Waals surface area contributed by atoms with Crippen molar-refractivity contribution in [2.75, 3.05) is 14.2 Å². The third-order valence-corrected chi connectivity index (χ3v) is 8.45. The Bertz CT molecular complexity index is 1200. The van der Waals surface area contributed by atoms with Gasteiger partial charge in [-0.3, -0.25) is 9.63 Å². The maximum Gasteiger partial charge on any atom is 0.275 e. The van der Waals surface area contributed by atoms with Crippen LogP contribution >= 0.6 is 0 Å². The van der Waals surface area contributed by atoms with Crippen molar-refractivity contribution in [3.05, 3.63) is 65.7 Å². The molecule has 170 valence electrons. The van der Waals surface area contributed by atoms with Crippen LogP contribution in [0.3, 0.4) is 0 Å². The Morgan fingerprint density at radius 3 is 2.12 bits per heavy atom. The number of carbonyl (C=O) groups excluding carboxylic acids is 1. The number of methoxy groups -OCH3 is 1. The molecular formula is C29H31NO3. The molecule has 3 aromatic rings. The van der Waals surface area contributed by atoms with Gasteiger partial charge in [-0.1, -0.05) is 30.3 Å². The van der Waals surface area contributed by atoms with Crippen LogP contribution in [0, 0.1) is 17.8 Å². The molecule has 0 unspecified atom stereocenters. The van der Waals surface area contributed by atoms with E-state index in [-0.39, 0.29) is 11.3 Å². The number of fused-ring (bicyclic) bond motifs is 1. The summed E-state index contributed by atoms with van der Waals surface area (Å²) in [5, 5.41) is 2.16. The third kappa shape index (κ3) is 3.43. The highest BCUT2D eigenvalue weighted by Gasteiger charge is 2.52. The zero-order chi connectivity index (χ0) is 22.6. The molecule has 0 atom stereocenters. The molecule has 0 aliphatic heterocycles. The summed E-state index contributed by atoms with van der Waals surface area (Å²) in [6.45, 7) is 0. The van der Waals surface area contributed by atoms with E-state index in [0.717, 1.165) is 45.4 Å². The number of hydrogen-bond acceptors (Lipinski definition) is 3. The molecule has 0 spiro atoms. The molecule has 0 heterocycles. The zero-order valence-electron chi connectivity index (χ0n) is 19.4. The van der Waals surface area contributed by atoms with Gasteiger partial charge in [-0.05, 0) is 108 Å². The summed E-state index contributed by atoms with van der Waals surface area (Å²) in [6.07, 6.45) is 8.04. The molecule has 3 aromatic carbocycles. The van der Waals surface area contributed by atoms with Gasteiger partial charge >= 0.3 is 0 Å². The fraction of sp³-hybridized carbons (Fsp3) is 0.414. The van der Waals surface area contributed by atoms with Crippen molar-refractivity contribution in [3.63, 3.8) is 0 Å². The summed E-state index contributed by atoms with van der Waals surface area (Å²) in [4.78, 5) is 17.9. The highest BCUT2D eigenvalue weighted by Crippen LogP contribution is 2.62. The average Bonchev–Trinajstić information content (AvgIpc) is 2.82. The van der Waals surface area contributed by atoms with Crippen LogP contribution in [0.5, 0.6) is 5.75 Å². The van der Waals surface area contributed by atoms with E-state index in [9.17, 15) is 4.79 Å². The van der Waals surface area contributed by atoms with E-state index in [4.69, 9.17) is 9.57 Å². The summed E-state index contributed by atoms with van der Waals surface area (Å²) < 4.78 is 5.91. The van der Waals surface area contributed by atoms with Crippen molar-refractivity contribution in [1.29, 1.82) is 0 Å². The second kappa shape index (κ2) is 7.88. The van der Waals surface area contributed by atoms with Crippen LogP contribution in [0.4, 0.5) is 0 Å². The van der Waals surface area contributed by atoms with Crippen LogP contribution in [0.25, 0.3) is 21.9 Å². The molecule has 4 fully saturated rings. The Kier molecular flexibility index (Phi) is 4.95. The standard InChI is InChI=1S/C29H31NO3/c1-32-27-8-7-23(14-26(27)29-15-18-9-19(16-29)11-20(10-18)17-29)24-12-21-5-3-4-6-22(21)13-25(24)28(31)30-33-2/h3-8,12-14,18-20H,9-11,15-17H2,1-2H3,(H,30,31). The van der Waals surface area contributed by atoms with Crippen LogP contribution in [-0.2, 0) is 10.3 Å². The van der Waals surface area contributed by atoms with Gasteiger partial charge in [-0.15, -0.1) is 0 Å². The first-order valence-corrected chi connectivity index (χ1v) is 12.1. The van der Waals surface area contributed by atoms with Crippen molar-refractivity contribution in [2.45, 2.75) is 43.9 Å². The predicted molar refractivity (Wildman–Crippen MR) is 130 cm³/mol. The smallest absolute Gasteiger partial charge is 0.275 e. The average molecular weight is 442 g/mol. The van der Waals surface area contributed by atoms with Crippen LogP contribution in [0.2, 0.25) is 0 Å². The molecule has 33 heavy (non-hydrogen) atoms. The molecule has 4 bridgehead atoms. The SMILES string of the molecule is CONC(=O)c1cc2ccccc2cc1-c1ccc(OC)c(C23CC4CC(CC(C4)C2)C3)c1. The molecule has 0 aromatic heterocycles. The lowest BCUT2D eigenvalue weighted by Crippen LogP contribution is -2.48. The van der Waals surface area contributed by atoms with Gasteiger partial charge in [0, 0.05) is 11.1 Å². The highest BCUT2D eigenvalue weighted by atomic mass is 16.6. The molecule has 4 aliphatic carbocycles. The summed E-state index contributed by atoms with van der Waals surface area (Å²) in [5.74, 6) is 3.32. The first-order valence-electron chi connectivity index (χ1n) is 12.1. The van der Waals surface area contributed by atoms with Gasteiger partial charge in [0.25, 0.3) is 5.91 Å². The number of nitrogens with one attached hydrogen (secondary N) is 1. The van der Waals surface area contributed by atoms with Crippen molar-refractivity contribution in [3.8, 4) is 16.9 Å². The van der Waals surface area contributed by atoms with Crippen LogP contribution in [0.15, 0.2) is 54.6 Å². The van der Waals surface area contributed by atoms with E-state index in [1.165, 1.54) is 51.2 Å². The first kappa shape index (κ1) is 20.7. The molecule has 0 saturated heterocycles. The first-order chi connectivity index (χ1) is 16.1.